The van der Waals surface area contributed by atoms with Crippen molar-refractivity contribution < 1.29 is 9.21 Å². The van der Waals surface area contributed by atoms with Gasteiger partial charge in [-0.25, -0.2) is 4.79 Å². The molecule has 1 unspecified atom stereocenters. The molecule has 2 aromatic carbocycles. The third kappa shape index (κ3) is 3.36. The molecule has 0 spiro atoms. The summed E-state index contributed by atoms with van der Waals surface area (Å²) in [5, 5.41) is 3.14. The molecular weight excluding hydrogens is 316 g/mol. The standard InChI is InChI=1S/C20H20N2O3/c23-18(21-19(15-10-11-15)14-6-2-1-3-7-14)12-13-22-16-8-4-5-9-17(16)25-20(22)24/h1-9,15,19H,10-13H2,(H,21,23). The van der Waals surface area contributed by atoms with E-state index in [9.17, 15) is 9.59 Å². The lowest BCUT2D eigenvalue weighted by atomic mass is 10.0. The molecule has 0 radical (unpaired) electrons. The van der Waals surface area contributed by atoms with Crippen LogP contribution in [-0.4, -0.2) is 10.5 Å². The largest absolute Gasteiger partial charge is 0.419 e. The van der Waals surface area contributed by atoms with E-state index >= 15 is 0 Å². The Morgan fingerprint density at radius 2 is 1.84 bits per heavy atom. The maximum atomic E-state index is 12.4. The Bertz CT molecular complexity index is 938. The zero-order valence-corrected chi connectivity index (χ0v) is 13.9. The molecule has 0 aliphatic heterocycles. The van der Waals surface area contributed by atoms with E-state index in [1.807, 2.05) is 36.4 Å². The summed E-state index contributed by atoms with van der Waals surface area (Å²) in [6.45, 7) is 0.313. The fourth-order valence-electron chi connectivity index (χ4n) is 3.25. The van der Waals surface area contributed by atoms with Crippen molar-refractivity contribution in [3.8, 4) is 0 Å². The lowest BCUT2D eigenvalue weighted by Gasteiger charge is -2.18. The highest BCUT2D eigenvalue weighted by Crippen LogP contribution is 2.40. The summed E-state index contributed by atoms with van der Waals surface area (Å²) in [6, 6.07) is 17.4. The van der Waals surface area contributed by atoms with Gasteiger partial charge in [0.15, 0.2) is 5.58 Å². The van der Waals surface area contributed by atoms with Gasteiger partial charge >= 0.3 is 5.76 Å². The van der Waals surface area contributed by atoms with Crippen LogP contribution in [0.2, 0.25) is 0 Å². The number of nitrogens with one attached hydrogen (secondary N) is 1. The van der Waals surface area contributed by atoms with Gasteiger partial charge in [0.2, 0.25) is 5.91 Å². The van der Waals surface area contributed by atoms with Gasteiger partial charge in [0.05, 0.1) is 11.6 Å². The minimum atomic E-state index is -0.421. The summed E-state index contributed by atoms with van der Waals surface area (Å²) in [5.74, 6) is 0.0533. The average molecular weight is 336 g/mol. The molecule has 1 amide bonds. The number of oxazole rings is 1. The molecule has 1 aliphatic carbocycles. The van der Waals surface area contributed by atoms with Gasteiger partial charge in [-0.2, -0.15) is 0 Å². The summed E-state index contributed by atoms with van der Waals surface area (Å²) in [6.07, 6.45) is 2.54. The molecule has 0 saturated heterocycles. The maximum Gasteiger partial charge on any atom is 0.419 e. The first-order valence-corrected chi connectivity index (χ1v) is 8.65. The smallest absolute Gasteiger partial charge is 0.408 e. The van der Waals surface area contributed by atoms with Crippen LogP contribution in [0.3, 0.4) is 0 Å². The second-order valence-electron chi connectivity index (χ2n) is 6.53. The lowest BCUT2D eigenvalue weighted by molar-refractivity contribution is -0.122. The van der Waals surface area contributed by atoms with E-state index in [0.717, 1.165) is 23.9 Å². The third-order valence-electron chi connectivity index (χ3n) is 4.70. The Hall–Kier alpha value is -2.82. The van der Waals surface area contributed by atoms with Crippen LogP contribution in [0.1, 0.15) is 30.9 Å². The number of aromatic nitrogens is 1. The monoisotopic (exact) mass is 336 g/mol. The molecule has 25 heavy (non-hydrogen) atoms. The number of benzene rings is 2. The molecule has 5 heteroatoms. The fraction of sp³-hybridized carbons (Fsp3) is 0.300. The van der Waals surface area contributed by atoms with Crippen molar-refractivity contribution in [2.75, 3.05) is 0 Å². The van der Waals surface area contributed by atoms with E-state index in [2.05, 4.69) is 17.4 Å². The number of carbonyl (C=O) groups is 1. The van der Waals surface area contributed by atoms with E-state index in [-0.39, 0.29) is 18.4 Å². The number of fused-ring (bicyclic) bond motifs is 1. The molecule has 1 N–H and O–H groups in total. The van der Waals surface area contributed by atoms with Gasteiger partial charge in [-0.15, -0.1) is 0 Å². The van der Waals surface area contributed by atoms with Gasteiger partial charge < -0.3 is 9.73 Å². The van der Waals surface area contributed by atoms with Crippen molar-refractivity contribution in [1.82, 2.24) is 9.88 Å². The van der Waals surface area contributed by atoms with Crippen molar-refractivity contribution in [1.29, 1.82) is 0 Å². The molecule has 1 atom stereocenters. The van der Waals surface area contributed by atoms with Crippen LogP contribution in [0.15, 0.2) is 63.8 Å². The molecule has 1 fully saturated rings. The van der Waals surface area contributed by atoms with Crippen LogP contribution < -0.4 is 11.1 Å². The summed E-state index contributed by atoms with van der Waals surface area (Å²) in [5.41, 5.74) is 2.42. The first-order valence-electron chi connectivity index (χ1n) is 8.65. The van der Waals surface area contributed by atoms with E-state index in [0.29, 0.717) is 18.0 Å². The molecule has 3 aromatic rings. The quantitative estimate of drug-likeness (QED) is 0.751. The minimum absolute atomic E-state index is 0.0436. The fourth-order valence-corrected chi connectivity index (χ4v) is 3.25. The number of hydrogen-bond acceptors (Lipinski definition) is 3. The Balaban J connectivity index is 1.45. The highest BCUT2D eigenvalue weighted by Gasteiger charge is 2.33. The average Bonchev–Trinajstić information content (AvgIpc) is 3.42. The molecule has 0 bridgehead atoms. The number of carbonyl (C=O) groups excluding carboxylic acids is 1. The molecular formula is C20H20N2O3. The van der Waals surface area contributed by atoms with Gasteiger partial charge in [0.1, 0.15) is 0 Å². The van der Waals surface area contributed by atoms with Crippen molar-refractivity contribution in [3.05, 3.63) is 70.7 Å². The van der Waals surface area contributed by atoms with E-state index < -0.39 is 5.76 Å². The predicted molar refractivity (Wildman–Crippen MR) is 95.1 cm³/mol. The second-order valence-corrected chi connectivity index (χ2v) is 6.53. The molecule has 1 saturated carbocycles. The minimum Gasteiger partial charge on any atom is -0.408 e. The first-order chi connectivity index (χ1) is 12.2. The van der Waals surface area contributed by atoms with Gasteiger partial charge in [-0.1, -0.05) is 42.5 Å². The normalized spacial score (nSPS) is 15.2. The van der Waals surface area contributed by atoms with E-state index in [1.165, 1.54) is 4.57 Å². The third-order valence-corrected chi connectivity index (χ3v) is 4.70. The zero-order valence-electron chi connectivity index (χ0n) is 13.9. The Morgan fingerprint density at radius 1 is 1.12 bits per heavy atom. The molecule has 5 nitrogen and oxygen atoms in total. The van der Waals surface area contributed by atoms with Crippen molar-refractivity contribution in [3.63, 3.8) is 0 Å². The van der Waals surface area contributed by atoms with Crippen molar-refractivity contribution >= 4 is 17.0 Å². The topological polar surface area (TPSA) is 64.2 Å². The Kier molecular flexibility index (Phi) is 4.14. The highest BCUT2D eigenvalue weighted by atomic mass is 16.4. The number of hydrogen-bond donors (Lipinski definition) is 1. The number of nitrogens with zero attached hydrogens (tertiary/aromatic N) is 1. The van der Waals surface area contributed by atoms with Crippen LogP contribution >= 0.6 is 0 Å². The Morgan fingerprint density at radius 3 is 2.60 bits per heavy atom. The SMILES string of the molecule is O=C(CCn1c(=O)oc2ccccc21)NC(c1ccccc1)C1CC1. The maximum absolute atomic E-state index is 12.4. The molecule has 1 aliphatic rings. The predicted octanol–water partition coefficient (Wildman–Crippen LogP) is 3.25. The summed E-state index contributed by atoms with van der Waals surface area (Å²) >= 11 is 0. The first kappa shape index (κ1) is 15.7. The zero-order chi connectivity index (χ0) is 17.2. The molecule has 1 aromatic heterocycles. The number of rotatable bonds is 6. The molecule has 4 rings (SSSR count). The Labute approximate surface area is 145 Å². The summed E-state index contributed by atoms with van der Waals surface area (Å²) in [4.78, 5) is 24.4. The summed E-state index contributed by atoms with van der Waals surface area (Å²) in [7, 11) is 0. The van der Waals surface area contributed by atoms with Gasteiger partial charge in [0, 0.05) is 13.0 Å². The summed E-state index contributed by atoms with van der Waals surface area (Å²) < 4.78 is 6.72. The van der Waals surface area contributed by atoms with Crippen LogP contribution in [-0.2, 0) is 11.3 Å². The highest BCUT2D eigenvalue weighted by molar-refractivity contribution is 5.77. The van der Waals surface area contributed by atoms with Crippen molar-refractivity contribution in [2.45, 2.75) is 31.8 Å². The van der Waals surface area contributed by atoms with E-state index in [1.54, 1.807) is 6.07 Å². The van der Waals surface area contributed by atoms with Crippen molar-refractivity contribution in [2.24, 2.45) is 5.92 Å². The lowest BCUT2D eigenvalue weighted by Crippen LogP contribution is -2.31. The van der Waals surface area contributed by atoms with Gasteiger partial charge in [0.25, 0.3) is 0 Å². The van der Waals surface area contributed by atoms with Crippen LogP contribution in [0, 0.1) is 5.92 Å². The number of amides is 1. The van der Waals surface area contributed by atoms with Crippen LogP contribution in [0.25, 0.3) is 11.1 Å². The van der Waals surface area contributed by atoms with Gasteiger partial charge in [-0.3, -0.25) is 9.36 Å². The van der Waals surface area contributed by atoms with Crippen LogP contribution in [0.5, 0.6) is 0 Å². The number of aryl methyl sites for hydroxylation is 1. The number of para-hydroxylation sites is 2. The van der Waals surface area contributed by atoms with Crippen LogP contribution in [0.4, 0.5) is 0 Å². The van der Waals surface area contributed by atoms with E-state index in [4.69, 9.17) is 4.42 Å². The van der Waals surface area contributed by atoms with Gasteiger partial charge in [-0.05, 0) is 36.5 Å². The molecule has 128 valence electrons. The second kappa shape index (κ2) is 6.59. The molecule has 1 heterocycles.